The summed E-state index contributed by atoms with van der Waals surface area (Å²) in [7, 11) is 0. The number of aliphatic hydroxyl groups is 1. The third-order valence-electron chi connectivity index (χ3n) is 4.16. The number of rotatable bonds is 2. The third-order valence-corrected chi connectivity index (χ3v) is 4.16. The van der Waals surface area contributed by atoms with E-state index in [4.69, 9.17) is 9.47 Å². The minimum Gasteiger partial charge on any atom is -0.466 e. The Morgan fingerprint density at radius 2 is 1.95 bits per heavy atom. The molecule has 1 amide bonds. The van der Waals surface area contributed by atoms with Gasteiger partial charge in [0.1, 0.15) is 5.60 Å². The van der Waals surface area contributed by atoms with Gasteiger partial charge >= 0.3 is 12.1 Å². The standard InChI is InChI=1S/C15H25NO5/c1-5-20-12(18)11-8-16(13(19)21-14(2,3)4)9-15(11)6-10(17)7-15/h10-11,17H,5-9H2,1-4H3. The number of carbonyl (C=O) groups is 2. The molecule has 6 nitrogen and oxygen atoms in total. The average molecular weight is 299 g/mol. The molecule has 1 saturated carbocycles. The van der Waals surface area contributed by atoms with Gasteiger partial charge in [0.2, 0.25) is 0 Å². The summed E-state index contributed by atoms with van der Waals surface area (Å²) < 4.78 is 10.5. The van der Waals surface area contributed by atoms with Crippen LogP contribution in [0.25, 0.3) is 0 Å². The number of hydrogen-bond donors (Lipinski definition) is 1. The highest BCUT2D eigenvalue weighted by molar-refractivity contribution is 5.77. The zero-order valence-electron chi connectivity index (χ0n) is 13.2. The molecule has 2 fully saturated rings. The number of amides is 1. The molecule has 1 spiro atoms. The van der Waals surface area contributed by atoms with Crippen molar-refractivity contribution in [1.82, 2.24) is 4.90 Å². The Balaban J connectivity index is 2.08. The maximum absolute atomic E-state index is 12.2. The lowest BCUT2D eigenvalue weighted by atomic mass is 9.61. The van der Waals surface area contributed by atoms with Gasteiger partial charge in [0.25, 0.3) is 0 Å². The normalized spacial score (nSPS) is 32.0. The molecule has 1 saturated heterocycles. The van der Waals surface area contributed by atoms with Gasteiger partial charge in [-0.3, -0.25) is 4.79 Å². The van der Waals surface area contributed by atoms with Gasteiger partial charge in [-0.2, -0.15) is 0 Å². The van der Waals surface area contributed by atoms with Crippen molar-refractivity contribution in [3.05, 3.63) is 0 Å². The Morgan fingerprint density at radius 1 is 1.33 bits per heavy atom. The Bertz CT molecular complexity index is 422. The lowest BCUT2D eigenvalue weighted by Gasteiger charge is -2.45. The predicted molar refractivity (Wildman–Crippen MR) is 75.6 cm³/mol. The summed E-state index contributed by atoms with van der Waals surface area (Å²) in [6.07, 6.45) is 0.279. The number of nitrogens with zero attached hydrogens (tertiary/aromatic N) is 1. The zero-order valence-corrected chi connectivity index (χ0v) is 13.2. The molecule has 0 aromatic heterocycles. The van der Waals surface area contributed by atoms with E-state index in [1.165, 1.54) is 0 Å². The SMILES string of the molecule is CCOC(=O)C1CN(C(=O)OC(C)(C)C)CC12CC(O)C2. The summed E-state index contributed by atoms with van der Waals surface area (Å²) in [6, 6.07) is 0. The number of esters is 1. The Kier molecular flexibility index (Phi) is 4.19. The van der Waals surface area contributed by atoms with Gasteiger partial charge in [0, 0.05) is 18.5 Å². The van der Waals surface area contributed by atoms with Crippen LogP contribution in [0.1, 0.15) is 40.5 Å². The highest BCUT2D eigenvalue weighted by atomic mass is 16.6. The Morgan fingerprint density at radius 3 is 2.43 bits per heavy atom. The molecule has 1 heterocycles. The smallest absolute Gasteiger partial charge is 0.410 e. The summed E-state index contributed by atoms with van der Waals surface area (Å²) in [4.78, 5) is 25.9. The van der Waals surface area contributed by atoms with Crippen LogP contribution in [0.5, 0.6) is 0 Å². The van der Waals surface area contributed by atoms with E-state index >= 15 is 0 Å². The number of carbonyl (C=O) groups excluding carboxylic acids is 2. The molecule has 2 rings (SSSR count). The van der Waals surface area contributed by atoms with Gasteiger partial charge < -0.3 is 19.5 Å². The monoisotopic (exact) mass is 299 g/mol. The molecule has 1 atom stereocenters. The molecule has 1 N–H and O–H groups in total. The second-order valence-corrected chi connectivity index (χ2v) is 7.09. The first kappa shape index (κ1) is 16.1. The van der Waals surface area contributed by atoms with E-state index in [0.29, 0.717) is 32.5 Å². The predicted octanol–water partition coefficient (Wildman–Crippen LogP) is 1.56. The molecule has 1 aliphatic carbocycles. The molecule has 21 heavy (non-hydrogen) atoms. The van der Waals surface area contributed by atoms with E-state index in [1.807, 2.05) is 20.8 Å². The van der Waals surface area contributed by atoms with Crippen molar-refractivity contribution in [3.8, 4) is 0 Å². The molecule has 2 aliphatic rings. The van der Waals surface area contributed by atoms with Gasteiger partial charge in [-0.05, 0) is 40.5 Å². The van der Waals surface area contributed by atoms with E-state index in [9.17, 15) is 14.7 Å². The van der Waals surface area contributed by atoms with Crippen molar-refractivity contribution in [2.75, 3.05) is 19.7 Å². The summed E-state index contributed by atoms with van der Waals surface area (Å²) in [6.45, 7) is 8.27. The fourth-order valence-corrected chi connectivity index (χ4v) is 3.29. The first-order valence-corrected chi connectivity index (χ1v) is 7.49. The van der Waals surface area contributed by atoms with Crippen molar-refractivity contribution in [1.29, 1.82) is 0 Å². The molecule has 6 heteroatoms. The van der Waals surface area contributed by atoms with Crippen LogP contribution in [0.4, 0.5) is 4.79 Å². The molecular formula is C15H25NO5. The van der Waals surface area contributed by atoms with E-state index in [-0.39, 0.29) is 23.4 Å². The minimum absolute atomic E-state index is 0.282. The van der Waals surface area contributed by atoms with E-state index in [2.05, 4.69) is 0 Å². The maximum Gasteiger partial charge on any atom is 0.410 e. The molecule has 0 aromatic rings. The van der Waals surface area contributed by atoms with Crippen LogP contribution in [0.3, 0.4) is 0 Å². The fraction of sp³-hybridized carbons (Fsp3) is 0.867. The van der Waals surface area contributed by atoms with Crippen LogP contribution in [0.15, 0.2) is 0 Å². The molecule has 0 radical (unpaired) electrons. The van der Waals surface area contributed by atoms with Crippen LogP contribution in [0, 0.1) is 11.3 Å². The van der Waals surface area contributed by atoms with Crippen molar-refractivity contribution < 1.29 is 24.2 Å². The highest BCUT2D eigenvalue weighted by Crippen LogP contribution is 2.52. The van der Waals surface area contributed by atoms with E-state index in [0.717, 1.165) is 0 Å². The van der Waals surface area contributed by atoms with Crippen molar-refractivity contribution in [3.63, 3.8) is 0 Å². The van der Waals surface area contributed by atoms with Crippen molar-refractivity contribution >= 4 is 12.1 Å². The minimum atomic E-state index is -0.564. The van der Waals surface area contributed by atoms with E-state index in [1.54, 1.807) is 11.8 Å². The number of ether oxygens (including phenoxy) is 2. The Hall–Kier alpha value is -1.30. The lowest BCUT2D eigenvalue weighted by Crippen LogP contribution is -2.49. The third kappa shape index (κ3) is 3.31. The molecule has 0 aromatic carbocycles. The van der Waals surface area contributed by atoms with Crippen LogP contribution in [-0.4, -0.2) is 53.5 Å². The summed E-state index contributed by atoms with van der Waals surface area (Å²) in [5, 5.41) is 9.63. The number of aliphatic hydroxyl groups excluding tert-OH is 1. The number of hydrogen-bond acceptors (Lipinski definition) is 5. The van der Waals surface area contributed by atoms with Gasteiger partial charge in [0.15, 0.2) is 0 Å². The van der Waals surface area contributed by atoms with Crippen LogP contribution < -0.4 is 0 Å². The molecular weight excluding hydrogens is 274 g/mol. The number of likely N-dealkylation sites (tertiary alicyclic amines) is 1. The first-order chi connectivity index (χ1) is 9.67. The highest BCUT2D eigenvalue weighted by Gasteiger charge is 2.58. The van der Waals surface area contributed by atoms with Crippen LogP contribution in [-0.2, 0) is 14.3 Å². The summed E-state index contributed by atoms with van der Waals surface area (Å²) in [5.41, 5.74) is -0.909. The topological polar surface area (TPSA) is 76.1 Å². The molecule has 1 unspecified atom stereocenters. The summed E-state index contributed by atoms with van der Waals surface area (Å²) >= 11 is 0. The second-order valence-electron chi connectivity index (χ2n) is 7.09. The fourth-order valence-electron chi connectivity index (χ4n) is 3.29. The van der Waals surface area contributed by atoms with Gasteiger partial charge in [0.05, 0.1) is 18.6 Å². The largest absolute Gasteiger partial charge is 0.466 e. The first-order valence-electron chi connectivity index (χ1n) is 7.49. The average Bonchev–Trinajstić information content (AvgIpc) is 2.67. The van der Waals surface area contributed by atoms with Crippen molar-refractivity contribution in [2.24, 2.45) is 11.3 Å². The van der Waals surface area contributed by atoms with E-state index < -0.39 is 11.7 Å². The van der Waals surface area contributed by atoms with Crippen LogP contribution >= 0.6 is 0 Å². The molecule has 0 bridgehead atoms. The summed E-state index contributed by atoms with van der Waals surface area (Å²) in [5.74, 6) is -0.649. The van der Waals surface area contributed by atoms with Gasteiger partial charge in [-0.1, -0.05) is 0 Å². The maximum atomic E-state index is 12.2. The Labute approximate surface area is 125 Å². The van der Waals surface area contributed by atoms with Gasteiger partial charge in [-0.25, -0.2) is 4.79 Å². The molecule has 1 aliphatic heterocycles. The zero-order chi connectivity index (χ0) is 15.8. The van der Waals surface area contributed by atoms with Crippen molar-refractivity contribution in [2.45, 2.75) is 52.2 Å². The van der Waals surface area contributed by atoms with Crippen LogP contribution in [0.2, 0.25) is 0 Å². The quantitative estimate of drug-likeness (QED) is 0.783. The lowest BCUT2D eigenvalue weighted by molar-refractivity contribution is -0.157. The second kappa shape index (κ2) is 5.48. The van der Waals surface area contributed by atoms with Gasteiger partial charge in [-0.15, -0.1) is 0 Å². The molecule has 120 valence electrons.